The topological polar surface area (TPSA) is 43.4 Å². The lowest BCUT2D eigenvalue weighted by Gasteiger charge is -2.58. The van der Waals surface area contributed by atoms with E-state index in [0.717, 1.165) is 43.4 Å². The molecule has 0 N–H and O–H groups in total. The van der Waals surface area contributed by atoms with Gasteiger partial charge in [0.15, 0.2) is 0 Å². The summed E-state index contributed by atoms with van der Waals surface area (Å²) >= 11 is 0. The first-order valence-electron chi connectivity index (χ1n) is 12.8. The molecule has 3 heteroatoms. The van der Waals surface area contributed by atoms with Crippen LogP contribution < -0.4 is 0 Å². The van der Waals surface area contributed by atoms with E-state index >= 15 is 0 Å². The van der Waals surface area contributed by atoms with Crippen LogP contribution in [0.15, 0.2) is 42.0 Å². The lowest BCUT2D eigenvalue weighted by molar-refractivity contribution is -0.115. The van der Waals surface area contributed by atoms with Crippen LogP contribution in [-0.2, 0) is 9.53 Å². The summed E-state index contributed by atoms with van der Waals surface area (Å²) in [6.45, 7) is 7.12. The zero-order valence-electron chi connectivity index (χ0n) is 19.9. The third kappa shape index (κ3) is 3.38. The normalized spacial score (nSPS) is 41.5. The van der Waals surface area contributed by atoms with Gasteiger partial charge in [0, 0.05) is 12.3 Å². The maximum atomic E-state index is 12.6. The fourth-order valence-corrected chi connectivity index (χ4v) is 8.52. The Hall–Kier alpha value is -1.90. The smallest absolute Gasteiger partial charge is 0.338 e. The van der Waals surface area contributed by atoms with Crippen molar-refractivity contribution in [3.8, 4) is 0 Å². The standard InChI is InChI=1S/C29H38O3/c1-19(18-30)24-11-12-25-23-10-9-21-17-22(32-27(31)20-7-5-4-6-8-20)13-15-28(21,2)26(23)14-16-29(24,25)3/h4-9,18-19,22-26H,10-17H2,1-3H3/t19-,22+,23+,24+,25+,26+,28-,29-/m1/s1. The van der Waals surface area contributed by atoms with Crippen molar-refractivity contribution in [2.75, 3.05) is 0 Å². The molecule has 1 aromatic carbocycles. The summed E-state index contributed by atoms with van der Waals surface area (Å²) in [6, 6.07) is 9.36. The van der Waals surface area contributed by atoms with Gasteiger partial charge in [-0.25, -0.2) is 4.79 Å². The van der Waals surface area contributed by atoms with E-state index < -0.39 is 0 Å². The second-order valence-corrected chi connectivity index (χ2v) is 11.6. The van der Waals surface area contributed by atoms with Gasteiger partial charge in [-0.2, -0.15) is 0 Å². The maximum Gasteiger partial charge on any atom is 0.338 e. The highest BCUT2D eigenvalue weighted by atomic mass is 16.5. The molecule has 32 heavy (non-hydrogen) atoms. The largest absolute Gasteiger partial charge is 0.458 e. The molecule has 0 spiro atoms. The Morgan fingerprint density at radius 3 is 2.59 bits per heavy atom. The number of benzene rings is 1. The number of carbonyl (C=O) groups excluding carboxylic acids is 2. The zero-order chi connectivity index (χ0) is 22.5. The highest BCUT2D eigenvalue weighted by Gasteiger charge is 2.59. The third-order valence-corrected chi connectivity index (χ3v) is 10.3. The molecular formula is C29H38O3. The average molecular weight is 435 g/mol. The summed E-state index contributed by atoms with van der Waals surface area (Å²) in [4.78, 5) is 24.2. The number of fused-ring (bicyclic) bond motifs is 5. The summed E-state index contributed by atoms with van der Waals surface area (Å²) in [5, 5.41) is 0. The van der Waals surface area contributed by atoms with E-state index in [4.69, 9.17) is 4.74 Å². The van der Waals surface area contributed by atoms with Gasteiger partial charge in [0.1, 0.15) is 12.4 Å². The molecule has 0 aromatic heterocycles. The van der Waals surface area contributed by atoms with Gasteiger partial charge < -0.3 is 9.53 Å². The molecule has 4 aliphatic rings. The molecule has 0 heterocycles. The zero-order valence-corrected chi connectivity index (χ0v) is 19.9. The van der Waals surface area contributed by atoms with Crippen molar-refractivity contribution in [2.45, 2.75) is 78.2 Å². The van der Waals surface area contributed by atoms with Crippen LogP contribution in [0.25, 0.3) is 0 Å². The van der Waals surface area contributed by atoms with Gasteiger partial charge in [0.25, 0.3) is 0 Å². The van der Waals surface area contributed by atoms with Crippen LogP contribution in [0.4, 0.5) is 0 Å². The Bertz CT molecular complexity index is 904. The second kappa shape index (κ2) is 8.15. The van der Waals surface area contributed by atoms with Crippen molar-refractivity contribution >= 4 is 12.3 Å². The number of ether oxygens (including phenoxy) is 1. The van der Waals surface area contributed by atoms with Gasteiger partial charge in [-0.3, -0.25) is 0 Å². The number of hydrogen-bond donors (Lipinski definition) is 0. The van der Waals surface area contributed by atoms with Crippen LogP contribution in [0.5, 0.6) is 0 Å². The van der Waals surface area contributed by atoms with E-state index in [2.05, 4.69) is 26.8 Å². The Balaban J connectivity index is 1.32. The molecule has 5 rings (SSSR count). The maximum absolute atomic E-state index is 12.6. The van der Waals surface area contributed by atoms with Crippen molar-refractivity contribution in [3.63, 3.8) is 0 Å². The average Bonchev–Trinajstić information content (AvgIpc) is 3.16. The Labute approximate surface area is 193 Å². The van der Waals surface area contributed by atoms with Crippen LogP contribution in [-0.4, -0.2) is 18.4 Å². The first kappa shape index (κ1) is 21.9. The van der Waals surface area contributed by atoms with Gasteiger partial charge in [0.2, 0.25) is 0 Å². The third-order valence-electron chi connectivity index (χ3n) is 10.3. The monoisotopic (exact) mass is 434 g/mol. The minimum Gasteiger partial charge on any atom is -0.458 e. The van der Waals surface area contributed by atoms with Crippen molar-refractivity contribution in [1.82, 2.24) is 0 Å². The molecule has 3 saturated carbocycles. The van der Waals surface area contributed by atoms with E-state index in [-0.39, 0.29) is 23.4 Å². The molecule has 4 aliphatic carbocycles. The highest BCUT2D eigenvalue weighted by molar-refractivity contribution is 5.89. The van der Waals surface area contributed by atoms with E-state index in [1.54, 1.807) is 0 Å². The number of aldehydes is 1. The van der Waals surface area contributed by atoms with Crippen molar-refractivity contribution in [3.05, 3.63) is 47.5 Å². The predicted molar refractivity (Wildman–Crippen MR) is 126 cm³/mol. The summed E-state index contributed by atoms with van der Waals surface area (Å²) in [7, 11) is 0. The number of hydrogen-bond acceptors (Lipinski definition) is 3. The Morgan fingerprint density at radius 2 is 1.84 bits per heavy atom. The van der Waals surface area contributed by atoms with Gasteiger partial charge in [0.05, 0.1) is 5.56 Å². The second-order valence-electron chi connectivity index (χ2n) is 11.6. The van der Waals surface area contributed by atoms with Crippen molar-refractivity contribution in [1.29, 1.82) is 0 Å². The quantitative estimate of drug-likeness (QED) is 0.304. The van der Waals surface area contributed by atoms with Crippen LogP contribution in [0.2, 0.25) is 0 Å². The molecule has 3 nitrogen and oxygen atoms in total. The van der Waals surface area contributed by atoms with Gasteiger partial charge in [-0.15, -0.1) is 0 Å². The van der Waals surface area contributed by atoms with E-state index in [0.29, 0.717) is 16.9 Å². The van der Waals surface area contributed by atoms with E-state index in [1.807, 2.05) is 30.3 Å². The number of carbonyl (C=O) groups is 2. The van der Waals surface area contributed by atoms with Crippen LogP contribution in [0.1, 0.15) is 82.5 Å². The summed E-state index contributed by atoms with van der Waals surface area (Å²) in [5.41, 5.74) is 2.75. The van der Waals surface area contributed by atoms with Crippen molar-refractivity contribution in [2.24, 2.45) is 40.4 Å². The lowest BCUT2D eigenvalue weighted by atomic mass is 9.47. The molecular weight excluding hydrogens is 396 g/mol. The summed E-state index contributed by atoms with van der Waals surface area (Å²) < 4.78 is 5.93. The molecule has 3 fully saturated rings. The first-order valence-corrected chi connectivity index (χ1v) is 12.8. The summed E-state index contributed by atoms with van der Waals surface area (Å²) in [6.07, 6.45) is 12.9. The van der Waals surface area contributed by atoms with E-state index in [1.165, 1.54) is 37.5 Å². The molecule has 0 saturated heterocycles. The van der Waals surface area contributed by atoms with Crippen LogP contribution in [0.3, 0.4) is 0 Å². The molecule has 0 radical (unpaired) electrons. The predicted octanol–water partition coefficient (Wildman–Crippen LogP) is 6.63. The number of esters is 1. The number of rotatable bonds is 4. The minimum absolute atomic E-state index is 0.00302. The highest BCUT2D eigenvalue weighted by Crippen LogP contribution is 2.67. The molecule has 172 valence electrons. The van der Waals surface area contributed by atoms with E-state index in [9.17, 15) is 9.59 Å². The van der Waals surface area contributed by atoms with Crippen molar-refractivity contribution < 1.29 is 14.3 Å². The molecule has 1 aromatic rings. The number of allylic oxidation sites excluding steroid dienone is 1. The van der Waals surface area contributed by atoms with Crippen LogP contribution in [0, 0.1) is 40.4 Å². The molecule has 0 amide bonds. The Morgan fingerprint density at radius 1 is 1.06 bits per heavy atom. The molecule has 0 unspecified atom stereocenters. The molecule has 8 atom stereocenters. The fourth-order valence-electron chi connectivity index (χ4n) is 8.52. The molecule has 0 bridgehead atoms. The van der Waals surface area contributed by atoms with Gasteiger partial charge in [-0.1, -0.05) is 50.6 Å². The minimum atomic E-state index is -0.191. The Kier molecular flexibility index (Phi) is 5.58. The van der Waals surface area contributed by atoms with Crippen LogP contribution >= 0.6 is 0 Å². The summed E-state index contributed by atoms with van der Waals surface area (Å²) in [5.74, 6) is 2.77. The lowest BCUT2D eigenvalue weighted by Crippen LogP contribution is -2.51. The SMILES string of the molecule is C[C@H](C=O)[C@@H]1CC[C@H]2[C@@H]3CC=C4C[C@@H](OC(=O)c5ccccc5)CC[C@@]4(C)[C@H]3CC[C@@]21C. The molecule has 0 aliphatic heterocycles. The first-order chi connectivity index (χ1) is 15.4. The van der Waals surface area contributed by atoms with Gasteiger partial charge >= 0.3 is 5.97 Å². The van der Waals surface area contributed by atoms with Gasteiger partial charge in [-0.05, 0) is 91.6 Å². The fraction of sp³-hybridized carbons (Fsp3) is 0.655.